The molecule has 4 aliphatic carbocycles. The average Bonchev–Trinajstić information content (AvgIpc) is 2.30. The van der Waals surface area contributed by atoms with Crippen LogP contribution in [-0.4, -0.2) is 29.7 Å². The number of halogens is 2. The molecule has 0 saturated heterocycles. The van der Waals surface area contributed by atoms with E-state index in [1.807, 2.05) is 0 Å². The largest absolute Gasteiger partial charge is 0.461 e. The molecular formula is C14H20F2O3. The summed E-state index contributed by atoms with van der Waals surface area (Å²) < 4.78 is 30.5. The van der Waals surface area contributed by atoms with Crippen LogP contribution in [-0.2, 0) is 9.53 Å². The van der Waals surface area contributed by atoms with Gasteiger partial charge in [-0.25, -0.2) is 4.79 Å². The Bertz CT molecular complexity index is 375. The molecule has 0 aromatic rings. The third-order valence-electron chi connectivity index (χ3n) is 5.22. The maximum atomic E-state index is 12.8. The third-order valence-corrected chi connectivity index (χ3v) is 5.22. The highest BCUT2D eigenvalue weighted by Gasteiger charge is 2.55. The first kappa shape index (κ1) is 13.3. The number of hydrogen-bond acceptors (Lipinski definition) is 3. The van der Waals surface area contributed by atoms with Gasteiger partial charge in [0, 0.05) is 12.3 Å². The third kappa shape index (κ3) is 2.26. The minimum atomic E-state index is -3.41. The predicted octanol–water partition coefficient (Wildman–Crippen LogP) is 2.37. The minimum absolute atomic E-state index is 0.0888. The molecule has 0 amide bonds. The van der Waals surface area contributed by atoms with E-state index in [0.717, 1.165) is 32.1 Å². The number of esters is 1. The van der Waals surface area contributed by atoms with E-state index in [-0.39, 0.29) is 30.0 Å². The van der Waals surface area contributed by atoms with Gasteiger partial charge in [-0.2, -0.15) is 8.78 Å². The summed E-state index contributed by atoms with van der Waals surface area (Å²) in [4.78, 5) is 11.2. The second-order valence-electron chi connectivity index (χ2n) is 6.93. The zero-order chi connectivity index (χ0) is 13.8. The Morgan fingerprint density at radius 1 is 1.32 bits per heavy atom. The van der Waals surface area contributed by atoms with Crippen molar-refractivity contribution in [3.63, 3.8) is 0 Å². The fraction of sp³-hybridized carbons (Fsp3) is 0.929. The normalized spacial score (nSPS) is 44.4. The van der Waals surface area contributed by atoms with Crippen LogP contribution in [0.3, 0.4) is 0 Å². The molecule has 4 fully saturated rings. The molecule has 4 saturated carbocycles. The van der Waals surface area contributed by atoms with Crippen LogP contribution in [0.5, 0.6) is 0 Å². The van der Waals surface area contributed by atoms with Crippen molar-refractivity contribution in [2.24, 2.45) is 23.2 Å². The van der Waals surface area contributed by atoms with Crippen molar-refractivity contribution >= 4 is 5.97 Å². The van der Waals surface area contributed by atoms with Crippen LogP contribution in [0, 0.1) is 23.2 Å². The van der Waals surface area contributed by atoms with Gasteiger partial charge in [-0.05, 0) is 49.9 Å². The Hall–Kier alpha value is -0.710. The summed E-state index contributed by atoms with van der Waals surface area (Å²) in [6.45, 7) is 0.657. The smallest absolute Gasteiger partial charge is 0.376 e. The number of ether oxygens (including phenoxy) is 1. The lowest BCUT2D eigenvalue weighted by atomic mass is 9.49. The number of hydrogen-bond donors (Lipinski definition) is 1. The van der Waals surface area contributed by atoms with Crippen molar-refractivity contribution in [1.29, 1.82) is 0 Å². The van der Waals surface area contributed by atoms with Crippen molar-refractivity contribution in [3.05, 3.63) is 0 Å². The number of carbonyl (C=O) groups excluding carboxylic acids is 1. The summed E-state index contributed by atoms with van der Waals surface area (Å²) in [5.74, 6) is -3.73. The molecule has 108 valence electrons. The zero-order valence-corrected chi connectivity index (χ0v) is 11.1. The van der Waals surface area contributed by atoms with E-state index in [1.54, 1.807) is 0 Å². The molecule has 0 aliphatic heterocycles. The maximum absolute atomic E-state index is 12.8. The Morgan fingerprint density at radius 2 is 1.89 bits per heavy atom. The summed E-state index contributed by atoms with van der Waals surface area (Å²) >= 11 is 0. The van der Waals surface area contributed by atoms with Gasteiger partial charge in [0.05, 0.1) is 12.7 Å². The number of aliphatic hydroxyl groups is 1. The molecule has 0 radical (unpaired) electrons. The molecule has 0 spiro atoms. The molecule has 0 aromatic carbocycles. The topological polar surface area (TPSA) is 46.5 Å². The van der Waals surface area contributed by atoms with Crippen LogP contribution >= 0.6 is 0 Å². The van der Waals surface area contributed by atoms with Crippen molar-refractivity contribution in [3.8, 4) is 0 Å². The van der Waals surface area contributed by atoms with Gasteiger partial charge in [0.2, 0.25) is 0 Å². The first-order valence-electron chi connectivity index (χ1n) is 7.02. The molecule has 3 nitrogen and oxygen atoms in total. The number of aliphatic hydroxyl groups excluding tert-OH is 1. The Labute approximate surface area is 111 Å². The zero-order valence-electron chi connectivity index (χ0n) is 11.1. The van der Waals surface area contributed by atoms with E-state index in [0.29, 0.717) is 12.8 Å². The summed E-state index contributed by atoms with van der Waals surface area (Å²) in [5, 5.41) is 10.1. The summed E-state index contributed by atoms with van der Waals surface area (Å²) in [6, 6.07) is 0. The quantitative estimate of drug-likeness (QED) is 0.804. The summed E-state index contributed by atoms with van der Waals surface area (Å²) in [5.41, 5.74) is -0.156. The molecule has 4 aliphatic rings. The van der Waals surface area contributed by atoms with Crippen molar-refractivity contribution in [1.82, 2.24) is 0 Å². The van der Waals surface area contributed by atoms with E-state index in [1.165, 1.54) is 0 Å². The number of carbonyl (C=O) groups is 1. The monoisotopic (exact) mass is 274 g/mol. The molecule has 4 bridgehead atoms. The molecule has 2 atom stereocenters. The molecule has 0 heterocycles. The van der Waals surface area contributed by atoms with Crippen LogP contribution in [0.1, 0.15) is 39.0 Å². The van der Waals surface area contributed by atoms with Gasteiger partial charge in [0.1, 0.15) is 0 Å². The van der Waals surface area contributed by atoms with E-state index < -0.39 is 11.9 Å². The number of alkyl halides is 2. The predicted molar refractivity (Wildman–Crippen MR) is 63.6 cm³/mol. The highest BCUT2D eigenvalue weighted by Crippen LogP contribution is 2.60. The van der Waals surface area contributed by atoms with Gasteiger partial charge in [-0.1, -0.05) is 0 Å². The first-order valence-corrected chi connectivity index (χ1v) is 7.02. The highest BCUT2D eigenvalue weighted by atomic mass is 19.3. The minimum Gasteiger partial charge on any atom is -0.461 e. The van der Waals surface area contributed by atoms with Crippen LogP contribution in [0.4, 0.5) is 8.78 Å². The van der Waals surface area contributed by atoms with Gasteiger partial charge >= 0.3 is 11.9 Å². The average molecular weight is 274 g/mol. The lowest BCUT2D eigenvalue weighted by Gasteiger charge is -2.58. The second-order valence-corrected chi connectivity index (χ2v) is 6.93. The Balaban J connectivity index is 1.67. The molecule has 4 rings (SSSR count). The van der Waals surface area contributed by atoms with Gasteiger partial charge in [-0.3, -0.25) is 0 Å². The lowest BCUT2D eigenvalue weighted by Crippen LogP contribution is -2.55. The van der Waals surface area contributed by atoms with E-state index >= 15 is 0 Å². The molecular weight excluding hydrogens is 254 g/mol. The SMILES string of the molecule is CC(F)(F)C(=O)OCC12CC3CC(C1)C(O)C(C3)C2. The van der Waals surface area contributed by atoms with E-state index in [9.17, 15) is 18.7 Å². The molecule has 19 heavy (non-hydrogen) atoms. The number of rotatable bonds is 3. The highest BCUT2D eigenvalue weighted by molar-refractivity contribution is 5.76. The molecule has 5 heteroatoms. The maximum Gasteiger partial charge on any atom is 0.376 e. The fourth-order valence-electron chi connectivity index (χ4n) is 4.69. The Morgan fingerprint density at radius 3 is 2.42 bits per heavy atom. The van der Waals surface area contributed by atoms with Crippen LogP contribution < -0.4 is 0 Å². The van der Waals surface area contributed by atoms with E-state index in [2.05, 4.69) is 0 Å². The van der Waals surface area contributed by atoms with Crippen LogP contribution in [0.15, 0.2) is 0 Å². The lowest BCUT2D eigenvalue weighted by molar-refractivity contribution is -0.187. The van der Waals surface area contributed by atoms with Gasteiger partial charge in [-0.15, -0.1) is 0 Å². The van der Waals surface area contributed by atoms with Crippen molar-refractivity contribution in [2.45, 2.75) is 51.1 Å². The van der Waals surface area contributed by atoms with Gasteiger partial charge in [0.15, 0.2) is 0 Å². The molecule has 1 N–H and O–H groups in total. The second kappa shape index (κ2) is 4.14. The van der Waals surface area contributed by atoms with Gasteiger partial charge in [0.25, 0.3) is 0 Å². The van der Waals surface area contributed by atoms with Crippen molar-refractivity contribution in [2.75, 3.05) is 6.61 Å². The van der Waals surface area contributed by atoms with Crippen molar-refractivity contribution < 1.29 is 23.4 Å². The van der Waals surface area contributed by atoms with Crippen LogP contribution in [0.2, 0.25) is 0 Å². The summed E-state index contributed by atoms with van der Waals surface area (Å²) in [6.07, 6.45) is 4.41. The first-order chi connectivity index (χ1) is 8.79. The molecule has 2 unspecified atom stereocenters. The summed E-state index contributed by atoms with van der Waals surface area (Å²) in [7, 11) is 0. The van der Waals surface area contributed by atoms with Crippen LogP contribution in [0.25, 0.3) is 0 Å². The van der Waals surface area contributed by atoms with E-state index in [4.69, 9.17) is 4.74 Å². The Kier molecular flexibility index (Phi) is 2.89. The fourth-order valence-corrected chi connectivity index (χ4v) is 4.69. The van der Waals surface area contributed by atoms with Gasteiger partial charge < -0.3 is 9.84 Å². The molecule has 0 aromatic heterocycles. The standard InChI is InChI=1S/C14H20F2O3/c1-13(15,16)12(18)19-7-14-4-8-2-9(5-14)11(17)10(3-8)6-14/h8-11,17H,2-7H2,1H3.